The Morgan fingerprint density at radius 1 is 1.00 bits per heavy atom. The van der Waals surface area contributed by atoms with E-state index in [9.17, 15) is 9.59 Å². The molecule has 1 aliphatic rings. The Morgan fingerprint density at radius 2 is 1.75 bits per heavy atom. The van der Waals surface area contributed by atoms with Crippen molar-refractivity contribution in [3.8, 4) is 11.5 Å². The number of carbonyl (C=O) groups excluding carboxylic acids is 2. The van der Waals surface area contributed by atoms with E-state index in [0.717, 1.165) is 27.7 Å². The average Bonchev–Trinajstić information content (AvgIpc) is 3.07. The number of benzene rings is 2. The van der Waals surface area contributed by atoms with Gasteiger partial charge in [-0.2, -0.15) is 0 Å². The Balaban J connectivity index is 1.39. The fraction of sp³-hybridized carbons (Fsp3) is 0.273. The standard InChI is InChI=1S/C22H20O6/c1-13-7-17-16(11-27-20(17)8-14(13)2)10-22(24)28-12-18(23)15-3-4-19-21(9-15)26-6-5-25-19/h3-4,7-9,11H,5-6,10,12H2,1-2H3. The molecule has 6 heteroatoms. The van der Waals surface area contributed by atoms with Gasteiger partial charge in [-0.1, -0.05) is 0 Å². The fourth-order valence-electron chi connectivity index (χ4n) is 3.13. The summed E-state index contributed by atoms with van der Waals surface area (Å²) in [5.74, 6) is 0.358. The van der Waals surface area contributed by atoms with E-state index in [1.54, 1.807) is 24.5 Å². The van der Waals surface area contributed by atoms with Crippen molar-refractivity contribution in [3.63, 3.8) is 0 Å². The highest BCUT2D eigenvalue weighted by molar-refractivity contribution is 5.98. The zero-order chi connectivity index (χ0) is 19.7. The summed E-state index contributed by atoms with van der Waals surface area (Å²) in [6.45, 7) is 4.62. The molecule has 0 atom stereocenters. The minimum absolute atomic E-state index is 0.0456. The minimum atomic E-state index is -0.480. The number of hydrogen-bond acceptors (Lipinski definition) is 6. The number of rotatable bonds is 5. The Labute approximate surface area is 162 Å². The molecule has 3 aromatic rings. The van der Waals surface area contributed by atoms with Gasteiger partial charge in [-0.3, -0.25) is 9.59 Å². The normalized spacial score (nSPS) is 12.8. The van der Waals surface area contributed by atoms with Crippen LogP contribution >= 0.6 is 0 Å². The highest BCUT2D eigenvalue weighted by Crippen LogP contribution is 2.31. The van der Waals surface area contributed by atoms with Crippen molar-refractivity contribution in [1.29, 1.82) is 0 Å². The Morgan fingerprint density at radius 3 is 2.57 bits per heavy atom. The third-order valence-corrected chi connectivity index (χ3v) is 4.83. The summed E-state index contributed by atoms with van der Waals surface area (Å²) in [5.41, 5.74) is 4.14. The summed E-state index contributed by atoms with van der Waals surface area (Å²) in [6, 6.07) is 8.88. The van der Waals surface area contributed by atoms with E-state index >= 15 is 0 Å². The summed E-state index contributed by atoms with van der Waals surface area (Å²) >= 11 is 0. The monoisotopic (exact) mass is 380 g/mol. The van der Waals surface area contributed by atoms with Crippen LogP contribution in [0.3, 0.4) is 0 Å². The molecule has 0 amide bonds. The van der Waals surface area contributed by atoms with E-state index < -0.39 is 5.97 Å². The predicted octanol–water partition coefficient (Wildman–Crippen LogP) is 3.79. The van der Waals surface area contributed by atoms with Gasteiger partial charge in [0.15, 0.2) is 23.9 Å². The number of hydrogen-bond donors (Lipinski definition) is 0. The molecule has 0 saturated carbocycles. The van der Waals surface area contributed by atoms with Crippen molar-refractivity contribution in [2.45, 2.75) is 20.3 Å². The molecule has 4 rings (SSSR count). The molecule has 0 saturated heterocycles. The highest BCUT2D eigenvalue weighted by atomic mass is 16.6. The molecular formula is C22H20O6. The lowest BCUT2D eigenvalue weighted by Crippen LogP contribution is -2.18. The average molecular weight is 380 g/mol. The van der Waals surface area contributed by atoms with Gasteiger partial charge in [-0.15, -0.1) is 0 Å². The van der Waals surface area contributed by atoms with Gasteiger partial charge in [0.05, 0.1) is 12.7 Å². The Kier molecular flexibility index (Phi) is 4.77. The molecule has 2 heterocycles. The number of ether oxygens (including phenoxy) is 3. The lowest BCUT2D eigenvalue weighted by molar-refractivity contribution is -0.141. The fourth-order valence-corrected chi connectivity index (χ4v) is 3.13. The van der Waals surface area contributed by atoms with Gasteiger partial charge < -0.3 is 18.6 Å². The van der Waals surface area contributed by atoms with Gasteiger partial charge >= 0.3 is 5.97 Å². The second-order valence-corrected chi connectivity index (χ2v) is 6.81. The first-order valence-corrected chi connectivity index (χ1v) is 9.07. The first-order valence-electron chi connectivity index (χ1n) is 9.07. The van der Waals surface area contributed by atoms with Crippen LogP contribution < -0.4 is 9.47 Å². The van der Waals surface area contributed by atoms with Crippen molar-refractivity contribution in [2.75, 3.05) is 19.8 Å². The molecule has 0 fully saturated rings. The van der Waals surface area contributed by atoms with Gasteiger partial charge in [0.2, 0.25) is 0 Å². The molecule has 0 bridgehead atoms. The van der Waals surface area contributed by atoms with Gasteiger partial charge in [-0.25, -0.2) is 0 Å². The summed E-state index contributed by atoms with van der Waals surface area (Å²) < 4.78 is 21.6. The molecule has 1 aromatic heterocycles. The van der Waals surface area contributed by atoms with Crippen LogP contribution in [0.4, 0.5) is 0 Å². The smallest absolute Gasteiger partial charge is 0.310 e. The van der Waals surface area contributed by atoms with Gasteiger partial charge in [0.1, 0.15) is 18.8 Å². The van der Waals surface area contributed by atoms with E-state index in [-0.39, 0.29) is 18.8 Å². The quantitative estimate of drug-likeness (QED) is 0.495. The maximum Gasteiger partial charge on any atom is 0.310 e. The van der Waals surface area contributed by atoms with E-state index in [2.05, 4.69) is 0 Å². The molecule has 2 aromatic carbocycles. The van der Waals surface area contributed by atoms with Crippen molar-refractivity contribution in [1.82, 2.24) is 0 Å². The van der Waals surface area contributed by atoms with E-state index in [4.69, 9.17) is 18.6 Å². The van der Waals surface area contributed by atoms with Crippen molar-refractivity contribution < 1.29 is 28.2 Å². The van der Waals surface area contributed by atoms with Crippen LogP contribution in [0.5, 0.6) is 11.5 Å². The maximum absolute atomic E-state index is 12.3. The summed E-state index contributed by atoms with van der Waals surface area (Å²) in [4.78, 5) is 24.6. The maximum atomic E-state index is 12.3. The third kappa shape index (κ3) is 3.58. The van der Waals surface area contributed by atoms with Crippen LogP contribution in [0.1, 0.15) is 27.0 Å². The summed E-state index contributed by atoms with van der Waals surface area (Å²) in [7, 11) is 0. The van der Waals surface area contributed by atoms with Gasteiger partial charge in [0, 0.05) is 16.5 Å². The molecule has 6 nitrogen and oxygen atoms in total. The molecular weight excluding hydrogens is 360 g/mol. The topological polar surface area (TPSA) is 75.0 Å². The van der Waals surface area contributed by atoms with E-state index in [1.807, 2.05) is 26.0 Å². The predicted molar refractivity (Wildman–Crippen MR) is 102 cm³/mol. The molecule has 0 radical (unpaired) electrons. The molecule has 1 aliphatic heterocycles. The zero-order valence-electron chi connectivity index (χ0n) is 15.7. The van der Waals surface area contributed by atoms with Gasteiger partial charge in [-0.05, 0) is 55.3 Å². The van der Waals surface area contributed by atoms with Crippen molar-refractivity contribution >= 4 is 22.7 Å². The van der Waals surface area contributed by atoms with Crippen LogP contribution in [-0.4, -0.2) is 31.6 Å². The zero-order valence-corrected chi connectivity index (χ0v) is 15.7. The lowest BCUT2D eigenvalue weighted by Gasteiger charge is -2.18. The highest BCUT2D eigenvalue weighted by Gasteiger charge is 2.17. The van der Waals surface area contributed by atoms with Crippen LogP contribution in [0.15, 0.2) is 41.0 Å². The molecule has 0 N–H and O–H groups in total. The number of ketones is 1. The number of Topliss-reactive ketones (excluding diaryl/α,β-unsaturated/α-hetero) is 1. The van der Waals surface area contributed by atoms with Crippen molar-refractivity contribution in [3.05, 3.63) is 58.8 Å². The van der Waals surface area contributed by atoms with Gasteiger partial charge in [0.25, 0.3) is 0 Å². The second-order valence-electron chi connectivity index (χ2n) is 6.81. The largest absolute Gasteiger partial charge is 0.486 e. The lowest BCUT2D eigenvalue weighted by atomic mass is 10.0. The van der Waals surface area contributed by atoms with E-state index in [1.165, 1.54) is 0 Å². The number of aryl methyl sites for hydroxylation is 2. The number of carbonyl (C=O) groups is 2. The minimum Gasteiger partial charge on any atom is -0.486 e. The number of fused-ring (bicyclic) bond motifs is 2. The van der Waals surface area contributed by atoms with Crippen LogP contribution in [-0.2, 0) is 16.0 Å². The summed E-state index contributed by atoms with van der Waals surface area (Å²) in [6.07, 6.45) is 1.61. The molecule has 144 valence electrons. The first kappa shape index (κ1) is 18.1. The second kappa shape index (κ2) is 7.38. The van der Waals surface area contributed by atoms with E-state index in [0.29, 0.717) is 30.3 Å². The third-order valence-electron chi connectivity index (χ3n) is 4.83. The molecule has 0 unspecified atom stereocenters. The van der Waals surface area contributed by atoms with Crippen molar-refractivity contribution in [2.24, 2.45) is 0 Å². The summed E-state index contributed by atoms with van der Waals surface area (Å²) in [5, 5.41) is 0.887. The van der Waals surface area contributed by atoms with Crippen LogP contribution in [0.25, 0.3) is 11.0 Å². The number of esters is 1. The molecule has 0 spiro atoms. The SMILES string of the molecule is Cc1cc2occ(CC(=O)OCC(=O)c3ccc4c(c3)OCCO4)c2cc1C. The molecule has 0 aliphatic carbocycles. The first-order chi connectivity index (χ1) is 13.5. The Bertz CT molecular complexity index is 1060. The van der Waals surface area contributed by atoms with Crippen LogP contribution in [0.2, 0.25) is 0 Å². The molecule has 28 heavy (non-hydrogen) atoms. The Hall–Kier alpha value is -3.28. The van der Waals surface area contributed by atoms with Crippen LogP contribution in [0, 0.1) is 13.8 Å². The number of furan rings is 1.